The Hall–Kier alpha value is 0.400. The van der Waals surface area contributed by atoms with Crippen LogP contribution in [0.15, 0.2) is 0 Å². The Morgan fingerprint density at radius 2 is 0.857 bits per heavy atom. The maximum Gasteiger partial charge on any atom is 0.0605 e. The van der Waals surface area contributed by atoms with Crippen LogP contribution in [0, 0.1) is 0 Å². The molecule has 0 aliphatic heterocycles. The Bertz CT molecular complexity index is 107. The Labute approximate surface area is 101 Å². The monoisotopic (exact) mass is 269 g/mol. The number of hydrogen-bond donors (Lipinski definition) is 0. The van der Waals surface area contributed by atoms with Crippen molar-refractivity contribution >= 4 is 17.0 Å². The number of ether oxygens (including phenoxy) is 1. The molecule has 14 heavy (non-hydrogen) atoms. The maximum absolute atomic E-state index is 5.62. The lowest BCUT2D eigenvalue weighted by Crippen LogP contribution is -2.31. The quantitative estimate of drug-likeness (QED) is 0.669. The molecule has 0 unspecified atom stereocenters. The van der Waals surface area contributed by atoms with Gasteiger partial charge >= 0.3 is 0 Å². The Morgan fingerprint density at radius 1 is 0.714 bits per heavy atom. The number of hydrogen-bond acceptors (Lipinski definition) is 2. The van der Waals surface area contributed by atoms with E-state index in [4.69, 9.17) is 4.74 Å². The third kappa shape index (κ3) is 39.3. The molecule has 0 fully saturated rings. The van der Waals surface area contributed by atoms with Crippen molar-refractivity contribution in [3.05, 3.63) is 0 Å². The summed E-state index contributed by atoms with van der Waals surface area (Å²) in [6.07, 6.45) is 0. The van der Waals surface area contributed by atoms with E-state index >= 15 is 0 Å². The molecule has 0 rings (SSSR count). The van der Waals surface area contributed by atoms with E-state index in [9.17, 15) is 0 Å². The van der Waals surface area contributed by atoms with Crippen LogP contribution in [0.1, 0.15) is 41.5 Å². The molecule has 0 atom stereocenters. The Balaban J connectivity index is -0.000000209. The normalized spacial score (nSPS) is 11.6. The molecule has 0 saturated carbocycles. The van der Waals surface area contributed by atoms with E-state index in [1.807, 2.05) is 26.0 Å². The first-order valence-corrected chi connectivity index (χ1v) is 4.75. The first-order valence-electron chi connectivity index (χ1n) is 4.75. The smallest absolute Gasteiger partial charge is 0.0605 e. The third-order valence-electron chi connectivity index (χ3n) is 0.612. The first kappa shape index (κ1) is 19.9. The van der Waals surface area contributed by atoms with Gasteiger partial charge in [-0.05, 0) is 62.7 Å². The second-order valence-corrected chi connectivity index (χ2v) is 5.67. The van der Waals surface area contributed by atoms with Gasteiger partial charge in [0.25, 0.3) is 0 Å². The zero-order chi connectivity index (χ0) is 11.3. The average molecular weight is 270 g/mol. The van der Waals surface area contributed by atoms with Crippen molar-refractivity contribution in [3.8, 4) is 0 Å². The molecular formula is C11H28BrNO. The van der Waals surface area contributed by atoms with Gasteiger partial charge in [-0.25, -0.2) is 0 Å². The molecule has 90 valence electrons. The molecule has 0 heterocycles. The highest BCUT2D eigenvalue weighted by molar-refractivity contribution is 8.93. The summed E-state index contributed by atoms with van der Waals surface area (Å²) in [5.74, 6) is 0. The lowest BCUT2D eigenvalue weighted by Gasteiger charge is -2.30. The van der Waals surface area contributed by atoms with Gasteiger partial charge in [-0.1, -0.05) is 0 Å². The molecule has 2 nitrogen and oxygen atoms in total. The highest BCUT2D eigenvalue weighted by atomic mass is 79.9. The summed E-state index contributed by atoms with van der Waals surface area (Å²) in [5.41, 5.74) is -0.0312. The predicted octanol–water partition coefficient (Wildman–Crippen LogP) is 3.36. The van der Waals surface area contributed by atoms with Crippen molar-refractivity contribution in [1.82, 2.24) is 4.90 Å². The van der Waals surface area contributed by atoms with Crippen LogP contribution >= 0.6 is 17.0 Å². The maximum atomic E-state index is 5.62. The fraction of sp³-hybridized carbons (Fsp3) is 1.00. The molecule has 0 aromatic rings. The van der Waals surface area contributed by atoms with Gasteiger partial charge in [-0.3, -0.25) is 0 Å². The van der Waals surface area contributed by atoms with Crippen LogP contribution in [0.3, 0.4) is 0 Å². The van der Waals surface area contributed by atoms with Gasteiger partial charge in [0.05, 0.1) is 11.2 Å². The van der Waals surface area contributed by atoms with Crippen LogP contribution in [-0.2, 0) is 4.74 Å². The highest BCUT2D eigenvalue weighted by Gasteiger charge is 2.19. The SMILES string of the molecule is Br.CC(C)(C)OC(C)(C)C.CN(C)C. The minimum atomic E-state index is -0.0156. The summed E-state index contributed by atoms with van der Waals surface area (Å²) in [6.45, 7) is 12.4. The van der Waals surface area contributed by atoms with Crippen LogP contribution in [-0.4, -0.2) is 37.2 Å². The Morgan fingerprint density at radius 3 is 0.857 bits per heavy atom. The summed E-state index contributed by atoms with van der Waals surface area (Å²) < 4.78 is 5.62. The second-order valence-electron chi connectivity index (χ2n) is 5.67. The molecular weight excluding hydrogens is 242 g/mol. The van der Waals surface area contributed by atoms with E-state index in [0.717, 1.165) is 0 Å². The molecule has 0 aromatic carbocycles. The van der Waals surface area contributed by atoms with E-state index in [0.29, 0.717) is 0 Å². The van der Waals surface area contributed by atoms with E-state index < -0.39 is 0 Å². The molecule has 0 aliphatic rings. The lowest BCUT2D eigenvalue weighted by molar-refractivity contribution is -0.102. The van der Waals surface area contributed by atoms with Crippen molar-refractivity contribution in [2.45, 2.75) is 52.7 Å². The third-order valence-corrected chi connectivity index (χ3v) is 0.612. The Kier molecular flexibility index (Phi) is 10.9. The number of rotatable bonds is 0. The van der Waals surface area contributed by atoms with Crippen molar-refractivity contribution in [2.75, 3.05) is 21.1 Å². The van der Waals surface area contributed by atoms with Gasteiger partial charge in [-0.15, -0.1) is 17.0 Å². The van der Waals surface area contributed by atoms with E-state index in [1.165, 1.54) is 0 Å². The van der Waals surface area contributed by atoms with Crippen molar-refractivity contribution < 1.29 is 4.74 Å². The molecule has 0 aliphatic carbocycles. The largest absolute Gasteiger partial charge is 0.370 e. The first-order chi connectivity index (χ1) is 5.44. The molecule has 0 bridgehead atoms. The van der Waals surface area contributed by atoms with Gasteiger partial charge in [-0.2, -0.15) is 0 Å². The van der Waals surface area contributed by atoms with Crippen LogP contribution in [0.5, 0.6) is 0 Å². The van der Waals surface area contributed by atoms with Gasteiger partial charge in [0.2, 0.25) is 0 Å². The van der Waals surface area contributed by atoms with Crippen LogP contribution in [0.4, 0.5) is 0 Å². The summed E-state index contributed by atoms with van der Waals surface area (Å²) in [4.78, 5) is 2.00. The number of halogens is 1. The van der Waals surface area contributed by atoms with Crippen LogP contribution in [0.25, 0.3) is 0 Å². The van der Waals surface area contributed by atoms with Gasteiger partial charge in [0.15, 0.2) is 0 Å². The number of nitrogens with zero attached hydrogens (tertiary/aromatic N) is 1. The predicted molar refractivity (Wildman–Crippen MR) is 70.5 cm³/mol. The van der Waals surface area contributed by atoms with Gasteiger partial charge in [0.1, 0.15) is 0 Å². The van der Waals surface area contributed by atoms with Gasteiger partial charge in [0, 0.05) is 0 Å². The summed E-state index contributed by atoms with van der Waals surface area (Å²) >= 11 is 0. The molecule has 3 heteroatoms. The van der Waals surface area contributed by atoms with Crippen LogP contribution < -0.4 is 0 Å². The highest BCUT2D eigenvalue weighted by Crippen LogP contribution is 2.17. The van der Waals surface area contributed by atoms with Crippen LogP contribution in [0.2, 0.25) is 0 Å². The average Bonchev–Trinajstić information content (AvgIpc) is 1.47. The lowest BCUT2D eigenvalue weighted by atomic mass is 10.1. The van der Waals surface area contributed by atoms with E-state index in [2.05, 4.69) is 41.5 Å². The minimum Gasteiger partial charge on any atom is -0.370 e. The van der Waals surface area contributed by atoms with E-state index in [-0.39, 0.29) is 28.2 Å². The minimum absolute atomic E-state index is 0. The molecule has 0 N–H and O–H groups in total. The fourth-order valence-electron chi connectivity index (χ4n) is 0.919. The standard InChI is InChI=1S/C8H18O.C3H9N.BrH/c1-7(2,3)9-8(4,5)6;1-4(2)3;/h1-6H3;1-3H3;1H. The molecule has 0 saturated heterocycles. The topological polar surface area (TPSA) is 12.5 Å². The van der Waals surface area contributed by atoms with Crippen molar-refractivity contribution in [2.24, 2.45) is 0 Å². The van der Waals surface area contributed by atoms with Crippen molar-refractivity contribution in [1.29, 1.82) is 0 Å². The van der Waals surface area contributed by atoms with Crippen molar-refractivity contribution in [3.63, 3.8) is 0 Å². The second kappa shape index (κ2) is 7.66. The molecule has 0 radical (unpaired) electrons. The zero-order valence-electron chi connectivity index (χ0n) is 11.3. The fourth-order valence-corrected chi connectivity index (χ4v) is 0.919. The molecule has 0 amide bonds. The summed E-state index contributed by atoms with van der Waals surface area (Å²) in [7, 11) is 6.00. The summed E-state index contributed by atoms with van der Waals surface area (Å²) in [6, 6.07) is 0. The van der Waals surface area contributed by atoms with Gasteiger partial charge < -0.3 is 9.64 Å². The molecule has 0 aromatic heterocycles. The van der Waals surface area contributed by atoms with E-state index in [1.54, 1.807) is 0 Å². The molecule has 0 spiro atoms. The zero-order valence-corrected chi connectivity index (χ0v) is 13.0. The summed E-state index contributed by atoms with van der Waals surface area (Å²) in [5, 5.41) is 0.